The molecule has 2 aliphatic rings. The monoisotopic (exact) mass is 396 g/mol. The molecule has 1 amide bonds. The number of nitrogens with one attached hydrogen (secondary N) is 1. The first-order valence-electron chi connectivity index (χ1n) is 9.09. The van der Waals surface area contributed by atoms with Crippen molar-refractivity contribution in [2.45, 2.75) is 57.0 Å². The molecule has 2 atom stereocenters. The van der Waals surface area contributed by atoms with Crippen LogP contribution in [0.5, 0.6) is 0 Å². The van der Waals surface area contributed by atoms with Crippen molar-refractivity contribution in [2.24, 2.45) is 17.6 Å². The number of thiophene rings is 1. The molecule has 8 heteroatoms. The van der Waals surface area contributed by atoms with Gasteiger partial charge in [0.15, 0.2) is 0 Å². The highest BCUT2D eigenvalue weighted by Gasteiger charge is 2.39. The fraction of sp³-hybridized carbons (Fsp3) is 0.611. The predicted molar refractivity (Wildman–Crippen MR) is 103 cm³/mol. The zero-order valence-electron chi connectivity index (χ0n) is 14.6. The van der Waals surface area contributed by atoms with Crippen molar-refractivity contribution < 1.29 is 9.32 Å². The largest absolute Gasteiger partial charge is 0.353 e. The van der Waals surface area contributed by atoms with Crippen LogP contribution in [-0.4, -0.2) is 28.1 Å². The summed E-state index contributed by atoms with van der Waals surface area (Å²) >= 11 is 1.59. The Balaban J connectivity index is 0.00000196. The minimum Gasteiger partial charge on any atom is -0.353 e. The molecule has 0 spiro atoms. The number of rotatable bonds is 5. The lowest BCUT2D eigenvalue weighted by Gasteiger charge is -2.45. The average Bonchev–Trinajstić information content (AvgIpc) is 3.25. The normalized spacial score (nSPS) is 27.6. The van der Waals surface area contributed by atoms with E-state index in [-0.39, 0.29) is 18.3 Å². The molecule has 2 aromatic rings. The zero-order chi connectivity index (χ0) is 17.2. The predicted octanol–water partition coefficient (Wildman–Crippen LogP) is 3.17. The number of carbonyl (C=O) groups is 1. The number of hydrogen-bond acceptors (Lipinski definition) is 6. The van der Waals surface area contributed by atoms with E-state index in [0.717, 1.165) is 18.4 Å². The van der Waals surface area contributed by atoms with Gasteiger partial charge >= 0.3 is 0 Å². The third-order valence-corrected chi connectivity index (χ3v) is 6.20. The van der Waals surface area contributed by atoms with Gasteiger partial charge < -0.3 is 15.6 Å². The summed E-state index contributed by atoms with van der Waals surface area (Å²) in [5.74, 6) is 2.27. The van der Waals surface area contributed by atoms with E-state index >= 15 is 0 Å². The van der Waals surface area contributed by atoms with E-state index in [2.05, 4.69) is 15.5 Å². The summed E-state index contributed by atoms with van der Waals surface area (Å²) in [6.07, 6.45) is 6.56. The Morgan fingerprint density at radius 2 is 2.12 bits per heavy atom. The van der Waals surface area contributed by atoms with Gasteiger partial charge in [0.2, 0.25) is 17.6 Å². The lowest BCUT2D eigenvalue weighted by molar-refractivity contribution is -0.123. The summed E-state index contributed by atoms with van der Waals surface area (Å²) in [7, 11) is 0. The molecule has 0 aliphatic heterocycles. The van der Waals surface area contributed by atoms with E-state index in [0.29, 0.717) is 48.5 Å². The van der Waals surface area contributed by atoms with Gasteiger partial charge in [0.25, 0.3) is 0 Å². The molecule has 2 heterocycles. The van der Waals surface area contributed by atoms with Crippen LogP contribution in [0, 0.1) is 11.8 Å². The van der Waals surface area contributed by atoms with Gasteiger partial charge in [-0.3, -0.25) is 4.79 Å². The van der Waals surface area contributed by atoms with Gasteiger partial charge in [0.05, 0.1) is 0 Å². The fourth-order valence-electron chi connectivity index (χ4n) is 4.37. The average molecular weight is 397 g/mol. The van der Waals surface area contributed by atoms with Crippen molar-refractivity contribution in [3.63, 3.8) is 0 Å². The highest BCUT2D eigenvalue weighted by Crippen LogP contribution is 2.39. The SMILES string of the molecule is Cl.NC1CC2CCCC(C1)C2NC(=O)CCc1nc(-c2ccsc2)no1. The van der Waals surface area contributed by atoms with Gasteiger partial charge in [-0.1, -0.05) is 11.6 Å². The highest BCUT2D eigenvalue weighted by atomic mass is 35.5. The van der Waals surface area contributed by atoms with E-state index < -0.39 is 0 Å². The van der Waals surface area contributed by atoms with Gasteiger partial charge in [0, 0.05) is 35.9 Å². The van der Waals surface area contributed by atoms with Crippen LogP contribution in [0.4, 0.5) is 0 Å². The molecule has 3 N–H and O–H groups in total. The van der Waals surface area contributed by atoms with Gasteiger partial charge in [-0.2, -0.15) is 16.3 Å². The Bertz CT molecular complexity index is 707. The van der Waals surface area contributed by atoms with Crippen LogP contribution in [0.15, 0.2) is 21.3 Å². The number of aryl methyl sites for hydroxylation is 1. The van der Waals surface area contributed by atoms with Crippen molar-refractivity contribution in [2.75, 3.05) is 0 Å². The summed E-state index contributed by atoms with van der Waals surface area (Å²) < 4.78 is 5.26. The number of amides is 1. The van der Waals surface area contributed by atoms with E-state index in [1.807, 2.05) is 16.8 Å². The molecular formula is C18H25ClN4O2S. The molecule has 142 valence electrons. The molecule has 2 aliphatic carbocycles. The summed E-state index contributed by atoms with van der Waals surface area (Å²) in [4.78, 5) is 16.8. The van der Waals surface area contributed by atoms with Crippen molar-refractivity contribution >= 4 is 29.7 Å². The number of carbonyl (C=O) groups excluding carboxylic acids is 1. The number of aromatic nitrogens is 2. The first kappa shape index (κ1) is 19.3. The molecule has 2 fully saturated rings. The van der Waals surface area contributed by atoms with Gasteiger partial charge in [-0.05, 0) is 49.0 Å². The number of nitrogens with zero attached hydrogens (tertiary/aromatic N) is 2. The third-order valence-electron chi connectivity index (χ3n) is 5.52. The number of nitrogens with two attached hydrogens (primary N) is 1. The van der Waals surface area contributed by atoms with Crippen molar-refractivity contribution in [1.82, 2.24) is 15.5 Å². The Labute approximate surface area is 163 Å². The zero-order valence-corrected chi connectivity index (χ0v) is 16.2. The molecule has 2 bridgehead atoms. The van der Waals surface area contributed by atoms with Gasteiger partial charge in [0.1, 0.15) is 0 Å². The second-order valence-electron chi connectivity index (χ2n) is 7.30. The molecule has 2 aromatic heterocycles. The van der Waals surface area contributed by atoms with Gasteiger partial charge in [-0.15, -0.1) is 12.4 Å². The molecule has 2 saturated carbocycles. The first-order valence-corrected chi connectivity index (χ1v) is 10.0. The van der Waals surface area contributed by atoms with Crippen LogP contribution in [-0.2, 0) is 11.2 Å². The Kier molecular flexibility index (Phi) is 6.32. The molecule has 2 unspecified atom stereocenters. The lowest BCUT2D eigenvalue weighted by Crippen LogP contribution is -2.53. The van der Waals surface area contributed by atoms with E-state index in [1.54, 1.807) is 11.3 Å². The Hall–Kier alpha value is -1.44. The second-order valence-corrected chi connectivity index (χ2v) is 8.08. The van der Waals surface area contributed by atoms with E-state index in [4.69, 9.17) is 10.3 Å². The minimum absolute atomic E-state index is 0. The van der Waals surface area contributed by atoms with Crippen LogP contribution in [0.1, 0.15) is 44.4 Å². The topological polar surface area (TPSA) is 94.0 Å². The summed E-state index contributed by atoms with van der Waals surface area (Å²) in [5, 5.41) is 11.2. The standard InChI is InChI=1S/C18H24N4O2S.ClH/c19-14-8-11-2-1-3-12(9-14)17(11)20-15(23)4-5-16-21-18(22-24-16)13-6-7-25-10-13;/h6-7,10-12,14,17H,1-5,8-9,19H2,(H,20,23);1H. The Morgan fingerprint density at radius 1 is 1.35 bits per heavy atom. The Morgan fingerprint density at radius 3 is 2.81 bits per heavy atom. The van der Waals surface area contributed by atoms with E-state index in [1.165, 1.54) is 19.3 Å². The molecule has 4 rings (SSSR count). The van der Waals surface area contributed by atoms with Gasteiger partial charge in [-0.25, -0.2) is 0 Å². The quantitative estimate of drug-likeness (QED) is 0.809. The van der Waals surface area contributed by atoms with Crippen LogP contribution in [0.25, 0.3) is 11.4 Å². The van der Waals surface area contributed by atoms with Crippen LogP contribution < -0.4 is 11.1 Å². The van der Waals surface area contributed by atoms with Crippen molar-refractivity contribution in [1.29, 1.82) is 0 Å². The van der Waals surface area contributed by atoms with Crippen LogP contribution in [0.2, 0.25) is 0 Å². The third kappa shape index (κ3) is 4.27. The van der Waals surface area contributed by atoms with Crippen molar-refractivity contribution in [3.05, 3.63) is 22.7 Å². The van der Waals surface area contributed by atoms with E-state index in [9.17, 15) is 4.79 Å². The van der Waals surface area contributed by atoms with Crippen LogP contribution in [0.3, 0.4) is 0 Å². The van der Waals surface area contributed by atoms with Crippen LogP contribution >= 0.6 is 23.7 Å². The fourth-order valence-corrected chi connectivity index (χ4v) is 5.00. The minimum atomic E-state index is 0. The highest BCUT2D eigenvalue weighted by molar-refractivity contribution is 7.08. The smallest absolute Gasteiger partial charge is 0.227 e. The maximum Gasteiger partial charge on any atom is 0.227 e. The number of fused-ring (bicyclic) bond motifs is 2. The summed E-state index contributed by atoms with van der Waals surface area (Å²) in [5.41, 5.74) is 7.11. The molecule has 0 radical (unpaired) electrons. The maximum absolute atomic E-state index is 12.4. The van der Waals surface area contributed by atoms with Crippen molar-refractivity contribution in [3.8, 4) is 11.4 Å². The lowest BCUT2D eigenvalue weighted by atomic mass is 9.67. The number of halogens is 1. The summed E-state index contributed by atoms with van der Waals surface area (Å²) in [6.45, 7) is 0. The molecule has 0 aromatic carbocycles. The number of hydrogen-bond donors (Lipinski definition) is 2. The molecule has 0 saturated heterocycles. The summed E-state index contributed by atoms with van der Waals surface area (Å²) in [6, 6.07) is 2.56. The molecular weight excluding hydrogens is 372 g/mol. The second kappa shape index (κ2) is 8.50. The molecule has 6 nitrogen and oxygen atoms in total. The maximum atomic E-state index is 12.4. The molecule has 26 heavy (non-hydrogen) atoms. The first-order chi connectivity index (χ1) is 12.2.